The molecule has 4 rings (SSSR count). The molecular weight excluding hydrogens is 230 g/mol. The van der Waals surface area contributed by atoms with Crippen LogP contribution < -0.4 is 10.4 Å². The van der Waals surface area contributed by atoms with E-state index in [-0.39, 0.29) is 11.3 Å². The predicted molar refractivity (Wildman–Crippen MR) is 63.2 cm³/mol. The minimum Gasteiger partial charge on any atom is -0.548 e. The van der Waals surface area contributed by atoms with Crippen LogP contribution in [-0.4, -0.2) is 17.9 Å². The van der Waals surface area contributed by atoms with Gasteiger partial charge in [0.25, 0.3) is 0 Å². The molecule has 4 fully saturated rings. The zero-order valence-electron chi connectivity index (χ0n) is 10.8. The van der Waals surface area contributed by atoms with E-state index >= 15 is 0 Å². The van der Waals surface area contributed by atoms with Crippen molar-refractivity contribution < 1.29 is 14.7 Å². The van der Waals surface area contributed by atoms with E-state index in [9.17, 15) is 14.7 Å². The summed E-state index contributed by atoms with van der Waals surface area (Å²) in [6, 6.07) is -0.884. The summed E-state index contributed by atoms with van der Waals surface area (Å²) in [5.74, 6) is 0.840. The summed E-state index contributed by atoms with van der Waals surface area (Å²) in [6.45, 7) is 1.48. The molecule has 0 unspecified atom stereocenters. The van der Waals surface area contributed by atoms with Crippen LogP contribution in [0.2, 0.25) is 0 Å². The third-order valence-corrected chi connectivity index (χ3v) is 5.22. The average Bonchev–Trinajstić information content (AvgIpc) is 2.26. The Labute approximate surface area is 107 Å². The molecule has 0 heterocycles. The van der Waals surface area contributed by atoms with Crippen molar-refractivity contribution in [2.45, 2.75) is 51.5 Å². The van der Waals surface area contributed by atoms with Crippen molar-refractivity contribution in [3.63, 3.8) is 0 Å². The molecule has 0 aromatic heterocycles. The number of carboxylic acid groups (broad SMARTS) is 1. The molecule has 18 heavy (non-hydrogen) atoms. The average molecular weight is 250 g/mol. The van der Waals surface area contributed by atoms with Gasteiger partial charge in [0.2, 0.25) is 5.91 Å². The van der Waals surface area contributed by atoms with Gasteiger partial charge in [0, 0.05) is 5.41 Å². The smallest absolute Gasteiger partial charge is 0.226 e. The molecule has 4 aliphatic carbocycles. The summed E-state index contributed by atoms with van der Waals surface area (Å²) in [5, 5.41) is 13.4. The van der Waals surface area contributed by atoms with Crippen LogP contribution in [0.1, 0.15) is 45.4 Å². The van der Waals surface area contributed by atoms with Crippen LogP contribution in [0.5, 0.6) is 0 Å². The van der Waals surface area contributed by atoms with Crippen molar-refractivity contribution in [3.8, 4) is 0 Å². The first-order valence-corrected chi connectivity index (χ1v) is 7.00. The van der Waals surface area contributed by atoms with E-state index in [4.69, 9.17) is 0 Å². The molecule has 0 aliphatic heterocycles. The molecule has 0 aromatic carbocycles. The SMILES string of the molecule is C[C@@H](NC(=O)C12CC3CC(CC(C3)C1)C2)C(=O)[O-]. The molecule has 4 heteroatoms. The number of hydrogen-bond acceptors (Lipinski definition) is 3. The zero-order chi connectivity index (χ0) is 12.9. The molecule has 4 bridgehead atoms. The lowest BCUT2D eigenvalue weighted by Crippen LogP contribution is -2.57. The summed E-state index contributed by atoms with van der Waals surface area (Å²) in [4.78, 5) is 23.1. The molecule has 4 nitrogen and oxygen atoms in total. The molecule has 4 saturated carbocycles. The Balaban J connectivity index is 1.75. The van der Waals surface area contributed by atoms with Gasteiger partial charge in [0.1, 0.15) is 0 Å². The number of nitrogens with one attached hydrogen (secondary N) is 1. The van der Waals surface area contributed by atoms with Crippen molar-refractivity contribution in [3.05, 3.63) is 0 Å². The summed E-state index contributed by atoms with van der Waals surface area (Å²) < 4.78 is 0. The third-order valence-electron chi connectivity index (χ3n) is 5.22. The van der Waals surface area contributed by atoms with Crippen LogP contribution in [0.4, 0.5) is 0 Å². The Morgan fingerprint density at radius 1 is 1.11 bits per heavy atom. The number of hydrogen-bond donors (Lipinski definition) is 1. The van der Waals surface area contributed by atoms with Gasteiger partial charge in [-0.1, -0.05) is 0 Å². The van der Waals surface area contributed by atoms with Gasteiger partial charge in [-0.15, -0.1) is 0 Å². The maximum atomic E-state index is 12.4. The number of aliphatic carboxylic acids is 1. The van der Waals surface area contributed by atoms with Crippen molar-refractivity contribution in [2.24, 2.45) is 23.2 Å². The predicted octanol–water partition coefficient (Wildman–Crippen LogP) is 0.457. The van der Waals surface area contributed by atoms with E-state index in [0.717, 1.165) is 19.3 Å². The second-order valence-electron chi connectivity index (χ2n) is 6.71. The maximum Gasteiger partial charge on any atom is 0.226 e. The fourth-order valence-corrected chi connectivity index (χ4v) is 4.80. The Bertz CT molecular complexity index is 355. The van der Waals surface area contributed by atoms with E-state index in [0.29, 0.717) is 17.8 Å². The van der Waals surface area contributed by atoms with Gasteiger partial charge in [0.05, 0.1) is 12.0 Å². The molecule has 1 atom stereocenters. The summed E-state index contributed by atoms with van der Waals surface area (Å²) in [6.07, 6.45) is 6.73. The summed E-state index contributed by atoms with van der Waals surface area (Å²) >= 11 is 0. The van der Waals surface area contributed by atoms with Gasteiger partial charge in [0.15, 0.2) is 0 Å². The lowest BCUT2D eigenvalue weighted by atomic mass is 9.49. The van der Waals surface area contributed by atoms with E-state index in [1.54, 1.807) is 0 Å². The molecule has 100 valence electrons. The van der Waals surface area contributed by atoms with Gasteiger partial charge in [-0.25, -0.2) is 0 Å². The molecular formula is C14H20NO3-. The molecule has 1 amide bonds. The first kappa shape index (κ1) is 12.0. The van der Waals surface area contributed by atoms with Gasteiger partial charge in [-0.2, -0.15) is 0 Å². The second kappa shape index (κ2) is 3.97. The minimum absolute atomic E-state index is 0.0432. The summed E-state index contributed by atoms with van der Waals surface area (Å²) in [5.41, 5.74) is -0.265. The van der Waals surface area contributed by atoms with Gasteiger partial charge < -0.3 is 15.2 Å². The highest BCUT2D eigenvalue weighted by atomic mass is 16.4. The van der Waals surface area contributed by atoms with Crippen molar-refractivity contribution >= 4 is 11.9 Å². The first-order valence-electron chi connectivity index (χ1n) is 7.00. The van der Waals surface area contributed by atoms with E-state index in [1.165, 1.54) is 26.2 Å². The quantitative estimate of drug-likeness (QED) is 0.791. The molecule has 0 aromatic rings. The highest BCUT2D eigenvalue weighted by molar-refractivity contribution is 5.87. The fraction of sp³-hybridized carbons (Fsp3) is 0.857. The molecule has 4 aliphatic rings. The largest absolute Gasteiger partial charge is 0.548 e. The topological polar surface area (TPSA) is 69.2 Å². The Morgan fingerprint density at radius 2 is 1.56 bits per heavy atom. The third kappa shape index (κ3) is 1.82. The number of carbonyl (C=O) groups is 2. The standard InChI is InChI=1S/C14H21NO3/c1-8(12(16)17)15-13(18)14-5-9-2-10(6-14)4-11(3-9)7-14/h8-11H,2-7H2,1H3,(H,15,18)(H,16,17)/p-1/t8-,9?,10?,11?,14?/m1/s1. The number of rotatable bonds is 3. The van der Waals surface area contributed by atoms with Crippen LogP contribution in [0.25, 0.3) is 0 Å². The molecule has 0 radical (unpaired) electrons. The van der Waals surface area contributed by atoms with Crippen molar-refractivity contribution in [1.29, 1.82) is 0 Å². The maximum absolute atomic E-state index is 12.4. The van der Waals surface area contributed by atoms with Crippen LogP contribution in [-0.2, 0) is 9.59 Å². The molecule has 0 saturated heterocycles. The van der Waals surface area contributed by atoms with Crippen molar-refractivity contribution in [2.75, 3.05) is 0 Å². The Morgan fingerprint density at radius 3 is 1.94 bits per heavy atom. The minimum atomic E-state index is -1.20. The second-order valence-corrected chi connectivity index (χ2v) is 6.71. The van der Waals surface area contributed by atoms with E-state index < -0.39 is 12.0 Å². The normalized spacial score (nSPS) is 42.6. The Hall–Kier alpha value is -1.06. The summed E-state index contributed by atoms with van der Waals surface area (Å²) in [7, 11) is 0. The van der Waals surface area contributed by atoms with Crippen LogP contribution in [0.3, 0.4) is 0 Å². The van der Waals surface area contributed by atoms with Gasteiger partial charge >= 0.3 is 0 Å². The number of amides is 1. The highest BCUT2D eigenvalue weighted by Crippen LogP contribution is 2.60. The van der Waals surface area contributed by atoms with Gasteiger partial charge in [-0.3, -0.25) is 4.79 Å². The van der Waals surface area contributed by atoms with Crippen LogP contribution in [0.15, 0.2) is 0 Å². The lowest BCUT2D eigenvalue weighted by Gasteiger charge is -2.55. The molecule has 0 spiro atoms. The van der Waals surface area contributed by atoms with Crippen LogP contribution >= 0.6 is 0 Å². The fourth-order valence-electron chi connectivity index (χ4n) is 4.80. The Kier molecular flexibility index (Phi) is 2.65. The van der Waals surface area contributed by atoms with Gasteiger partial charge in [-0.05, 0) is 63.2 Å². The molecule has 1 N–H and O–H groups in total. The number of carboxylic acids is 1. The lowest BCUT2D eigenvalue weighted by molar-refractivity contribution is -0.307. The van der Waals surface area contributed by atoms with E-state index in [2.05, 4.69) is 5.32 Å². The van der Waals surface area contributed by atoms with Crippen molar-refractivity contribution in [1.82, 2.24) is 5.32 Å². The number of carbonyl (C=O) groups excluding carboxylic acids is 2. The first-order chi connectivity index (χ1) is 8.48. The highest BCUT2D eigenvalue weighted by Gasteiger charge is 2.54. The zero-order valence-corrected chi connectivity index (χ0v) is 10.8. The van der Waals surface area contributed by atoms with E-state index in [1.807, 2.05) is 0 Å². The monoisotopic (exact) mass is 250 g/mol. The van der Waals surface area contributed by atoms with Crippen LogP contribution in [0, 0.1) is 23.2 Å².